The first-order chi connectivity index (χ1) is 7.61. The van der Waals surface area contributed by atoms with Gasteiger partial charge in [0, 0.05) is 24.3 Å². The van der Waals surface area contributed by atoms with E-state index in [1.54, 1.807) is 0 Å². The molecule has 0 saturated heterocycles. The Labute approximate surface area is 94.4 Å². The maximum absolute atomic E-state index is 10.1. The van der Waals surface area contributed by atoms with Crippen LogP contribution in [0.2, 0.25) is 0 Å². The number of nitro benzene ring substituents is 2. The molecule has 0 aliphatic rings. The number of hydrogen-bond donors (Lipinski definition) is 2. The van der Waals surface area contributed by atoms with Gasteiger partial charge in [0.2, 0.25) is 0 Å². The predicted octanol–water partition coefficient (Wildman–Crippen LogP) is 0.850. The van der Waals surface area contributed by atoms with Crippen LogP contribution >= 0.6 is 0 Å². The minimum absolute atomic E-state index is 0.152. The third kappa shape index (κ3) is 7.78. The van der Waals surface area contributed by atoms with E-state index < -0.39 is 20.2 Å². The van der Waals surface area contributed by atoms with Gasteiger partial charge in [-0.3, -0.25) is 29.3 Å². The fourth-order valence-corrected chi connectivity index (χ4v) is 0.696. The van der Waals surface area contributed by atoms with Gasteiger partial charge in [0.25, 0.3) is 11.4 Å². The topological polar surface area (TPSA) is 161 Å². The third-order valence-electron chi connectivity index (χ3n) is 1.27. The van der Waals surface area contributed by atoms with E-state index >= 15 is 0 Å². The van der Waals surface area contributed by atoms with Crippen molar-refractivity contribution in [3.05, 3.63) is 44.5 Å². The van der Waals surface area contributed by atoms with Gasteiger partial charge in [-0.25, -0.2) is 0 Å². The summed E-state index contributed by atoms with van der Waals surface area (Å²) in [7, 11) is -4.67. The number of rotatable bonds is 2. The third-order valence-corrected chi connectivity index (χ3v) is 1.27. The zero-order valence-corrected chi connectivity index (χ0v) is 8.77. The van der Waals surface area contributed by atoms with Crippen molar-refractivity contribution in [1.29, 1.82) is 0 Å². The molecule has 0 aliphatic heterocycles. The van der Waals surface area contributed by atoms with Crippen molar-refractivity contribution in [2.45, 2.75) is 0 Å². The van der Waals surface area contributed by atoms with Crippen molar-refractivity contribution in [2.75, 3.05) is 0 Å². The van der Waals surface area contributed by atoms with Gasteiger partial charge in [0.1, 0.15) is 0 Å². The highest BCUT2D eigenvalue weighted by Gasteiger charge is 2.08. The average molecular weight is 266 g/mol. The number of hydrogen-bond acceptors (Lipinski definition) is 6. The summed E-state index contributed by atoms with van der Waals surface area (Å²) in [4.78, 5) is 19.0. The van der Waals surface area contributed by atoms with Gasteiger partial charge in [0.15, 0.2) is 0 Å². The molecule has 0 atom stereocenters. The zero-order valence-electron chi connectivity index (χ0n) is 7.96. The van der Waals surface area contributed by atoms with Crippen molar-refractivity contribution < 1.29 is 27.4 Å². The highest BCUT2D eigenvalue weighted by Crippen LogP contribution is 2.16. The van der Waals surface area contributed by atoms with Crippen LogP contribution in [0.5, 0.6) is 0 Å². The lowest BCUT2D eigenvalue weighted by molar-refractivity contribution is -0.389. The molecule has 0 radical (unpaired) electrons. The van der Waals surface area contributed by atoms with Gasteiger partial charge < -0.3 is 0 Å². The summed E-state index contributed by atoms with van der Waals surface area (Å²) in [6.07, 6.45) is 0. The Balaban J connectivity index is 0.000000437. The molecule has 2 N–H and O–H groups in total. The lowest BCUT2D eigenvalue weighted by atomic mass is 10.3. The van der Waals surface area contributed by atoms with Crippen molar-refractivity contribution >= 4 is 21.8 Å². The van der Waals surface area contributed by atoms with Gasteiger partial charge in [-0.05, 0) is 0 Å². The van der Waals surface area contributed by atoms with Gasteiger partial charge in [-0.1, -0.05) is 0 Å². The van der Waals surface area contributed by atoms with Crippen LogP contribution in [-0.4, -0.2) is 27.4 Å². The van der Waals surface area contributed by atoms with Gasteiger partial charge in [-0.15, -0.1) is 0 Å². The maximum Gasteiger partial charge on any atom is 0.394 e. The van der Waals surface area contributed by atoms with Crippen LogP contribution in [0.4, 0.5) is 11.4 Å². The molecule has 0 unspecified atom stereocenters. The van der Waals surface area contributed by atoms with Crippen LogP contribution in [0.3, 0.4) is 0 Å². The first kappa shape index (κ1) is 14.9. The summed E-state index contributed by atoms with van der Waals surface area (Å²) in [6, 6.07) is 4.38. The largest absolute Gasteiger partial charge is 0.394 e. The van der Waals surface area contributed by atoms with Crippen molar-refractivity contribution in [3.8, 4) is 0 Å². The first-order valence-corrected chi connectivity index (χ1v) is 5.09. The molecule has 0 fully saturated rings. The lowest BCUT2D eigenvalue weighted by Crippen LogP contribution is -1.90. The van der Waals surface area contributed by atoms with E-state index in [4.69, 9.17) is 17.5 Å². The van der Waals surface area contributed by atoms with Crippen molar-refractivity contribution in [2.24, 2.45) is 0 Å². The Hall–Kier alpha value is -2.11. The molecule has 94 valence electrons. The van der Waals surface area contributed by atoms with Crippen molar-refractivity contribution in [1.82, 2.24) is 0 Å². The lowest BCUT2D eigenvalue weighted by Gasteiger charge is -1.90. The Morgan fingerprint density at radius 3 is 1.18 bits per heavy atom. The molecular weight excluding hydrogens is 260 g/mol. The molecule has 0 amide bonds. The predicted molar refractivity (Wildman–Crippen MR) is 53.9 cm³/mol. The molecule has 1 aromatic rings. The average Bonchev–Trinajstić information content (AvgIpc) is 2.15. The number of nitrogens with zero attached hydrogens (tertiary/aromatic N) is 2. The van der Waals surface area contributed by atoms with E-state index in [1.165, 1.54) is 0 Å². The molecule has 0 aliphatic carbocycles. The monoisotopic (exact) mass is 266 g/mol. The van der Waals surface area contributed by atoms with E-state index in [0.717, 1.165) is 24.3 Å². The minimum Gasteiger partial charge on any atom is -0.264 e. The Morgan fingerprint density at radius 2 is 1.06 bits per heavy atom. The number of nitro groups is 2. The Kier molecular flexibility index (Phi) is 5.11. The molecule has 17 heavy (non-hydrogen) atoms. The Bertz CT molecular complexity index is 466. The highest BCUT2D eigenvalue weighted by atomic mass is 32.3. The molecule has 1 aromatic carbocycles. The SMILES string of the molecule is O=S(=O)(O)O.O=[N+]([O-])c1ccc([N+](=O)[O-])cc1. The normalized spacial score (nSPS) is 10.0. The molecule has 0 bridgehead atoms. The van der Waals surface area contributed by atoms with Gasteiger partial charge in [0.05, 0.1) is 9.85 Å². The van der Waals surface area contributed by atoms with E-state index in [0.29, 0.717) is 0 Å². The highest BCUT2D eigenvalue weighted by molar-refractivity contribution is 7.79. The van der Waals surface area contributed by atoms with Crippen LogP contribution in [0.15, 0.2) is 24.3 Å². The van der Waals surface area contributed by atoms with E-state index in [1.807, 2.05) is 0 Å². The van der Waals surface area contributed by atoms with Gasteiger partial charge >= 0.3 is 10.4 Å². The molecule has 1 rings (SSSR count). The number of non-ortho nitro benzene ring substituents is 2. The van der Waals surface area contributed by atoms with Crippen LogP contribution < -0.4 is 0 Å². The molecule has 10 nitrogen and oxygen atoms in total. The number of benzene rings is 1. The quantitative estimate of drug-likeness (QED) is 0.452. The second kappa shape index (κ2) is 5.83. The summed E-state index contributed by atoms with van der Waals surface area (Å²) < 4.78 is 31.6. The Morgan fingerprint density at radius 1 is 0.882 bits per heavy atom. The van der Waals surface area contributed by atoms with Crippen LogP contribution in [0, 0.1) is 20.2 Å². The smallest absolute Gasteiger partial charge is 0.264 e. The molecule has 0 spiro atoms. The first-order valence-electron chi connectivity index (χ1n) is 3.70. The fourth-order valence-electron chi connectivity index (χ4n) is 0.696. The molecule has 0 heterocycles. The van der Waals surface area contributed by atoms with E-state index in [-0.39, 0.29) is 11.4 Å². The standard InChI is InChI=1S/C6H4N2O4.H2O4S/c9-7(10)5-1-2-6(4-3-5)8(11)12;1-5(2,3)4/h1-4H;(H2,1,2,3,4). The van der Waals surface area contributed by atoms with Crippen LogP contribution in [0.1, 0.15) is 0 Å². The summed E-state index contributed by atoms with van der Waals surface area (Å²) in [5.41, 5.74) is -0.304. The van der Waals surface area contributed by atoms with Gasteiger partial charge in [-0.2, -0.15) is 8.42 Å². The van der Waals surface area contributed by atoms with E-state index in [2.05, 4.69) is 0 Å². The summed E-state index contributed by atoms with van der Waals surface area (Å²) >= 11 is 0. The van der Waals surface area contributed by atoms with Crippen molar-refractivity contribution in [3.63, 3.8) is 0 Å². The summed E-state index contributed by atoms with van der Waals surface area (Å²) in [5.74, 6) is 0. The minimum atomic E-state index is -4.67. The maximum atomic E-state index is 10.1. The molecular formula is C6H6N2O8S. The van der Waals surface area contributed by atoms with Crippen LogP contribution in [0.25, 0.3) is 0 Å². The molecule has 0 saturated carbocycles. The second-order valence-electron chi connectivity index (χ2n) is 2.48. The zero-order chi connectivity index (χ0) is 13.6. The van der Waals surface area contributed by atoms with E-state index in [9.17, 15) is 20.2 Å². The summed E-state index contributed by atoms with van der Waals surface area (Å²) in [6.45, 7) is 0. The van der Waals surface area contributed by atoms with Crippen LogP contribution in [-0.2, 0) is 10.4 Å². The summed E-state index contributed by atoms with van der Waals surface area (Å²) in [5, 5.41) is 20.2. The molecule has 11 heteroatoms. The second-order valence-corrected chi connectivity index (χ2v) is 3.37. The molecule has 0 aromatic heterocycles. The fraction of sp³-hybridized carbons (Fsp3) is 0.